The molecule has 1 rings (SSSR count). The summed E-state index contributed by atoms with van der Waals surface area (Å²) in [6.07, 6.45) is 4.18. The van der Waals surface area contributed by atoms with Crippen LogP contribution >= 0.6 is 0 Å². The van der Waals surface area contributed by atoms with Crippen LogP contribution < -0.4 is 0 Å². The lowest BCUT2D eigenvalue weighted by Crippen LogP contribution is -2.39. The van der Waals surface area contributed by atoms with Crippen LogP contribution in [0.5, 0.6) is 0 Å². The Morgan fingerprint density at radius 3 is 2.80 bits per heavy atom. The average Bonchev–Trinajstić information content (AvgIpc) is 1.83. The van der Waals surface area contributed by atoms with Gasteiger partial charge in [0.25, 0.3) is 0 Å². The first kappa shape index (κ1) is 7.48. The Hall–Kier alpha value is -0.630. The fourth-order valence-corrected chi connectivity index (χ4v) is 1.19. The molecule has 2 atom stereocenters. The van der Waals surface area contributed by atoms with Crippen LogP contribution in [-0.2, 0) is 4.79 Å². The lowest BCUT2D eigenvalue weighted by molar-refractivity contribution is -0.135. The van der Waals surface area contributed by atoms with Gasteiger partial charge in [-0.05, 0) is 19.4 Å². The maximum absolute atomic E-state index is 11.1. The minimum Gasteiger partial charge on any atom is -0.378 e. The highest BCUT2D eigenvalue weighted by Crippen LogP contribution is 2.21. The van der Waals surface area contributed by atoms with Gasteiger partial charge < -0.3 is 5.11 Å². The number of carbonyl (C=O) groups excluding carboxylic acids is 1. The summed E-state index contributed by atoms with van der Waals surface area (Å²) in [5.74, 6) is -0.102. The molecule has 56 valence electrons. The number of allylic oxidation sites excluding steroid dienone is 1. The van der Waals surface area contributed by atoms with Crippen molar-refractivity contribution in [3.05, 3.63) is 12.2 Å². The van der Waals surface area contributed by atoms with Crippen molar-refractivity contribution in [2.24, 2.45) is 5.92 Å². The zero-order valence-electron chi connectivity index (χ0n) is 6.29. The number of hydrogen-bond acceptors (Lipinski definition) is 2. The molecule has 2 nitrogen and oxygen atoms in total. The molecule has 0 fully saturated rings. The molecule has 2 unspecified atom stereocenters. The van der Waals surface area contributed by atoms with Gasteiger partial charge in [0.2, 0.25) is 0 Å². The first-order valence-corrected chi connectivity index (χ1v) is 3.48. The molecule has 10 heavy (non-hydrogen) atoms. The van der Waals surface area contributed by atoms with Crippen LogP contribution in [0.2, 0.25) is 0 Å². The van der Waals surface area contributed by atoms with Crippen LogP contribution in [0.1, 0.15) is 20.3 Å². The number of Topliss-reactive ketones (excluding diaryl/α,β-unsaturated/α-hetero) is 1. The van der Waals surface area contributed by atoms with E-state index >= 15 is 0 Å². The van der Waals surface area contributed by atoms with E-state index in [1.807, 2.05) is 13.0 Å². The van der Waals surface area contributed by atoms with E-state index in [1.54, 1.807) is 6.08 Å². The Morgan fingerprint density at radius 1 is 1.80 bits per heavy atom. The van der Waals surface area contributed by atoms with Crippen molar-refractivity contribution in [1.29, 1.82) is 0 Å². The third kappa shape index (κ3) is 1.12. The summed E-state index contributed by atoms with van der Waals surface area (Å²) < 4.78 is 0. The van der Waals surface area contributed by atoms with E-state index in [0.29, 0.717) is 0 Å². The van der Waals surface area contributed by atoms with Crippen molar-refractivity contribution < 1.29 is 9.90 Å². The molecule has 0 aromatic heterocycles. The van der Waals surface area contributed by atoms with Gasteiger partial charge in [0.1, 0.15) is 5.60 Å². The fraction of sp³-hybridized carbons (Fsp3) is 0.625. The van der Waals surface area contributed by atoms with Gasteiger partial charge in [0.05, 0.1) is 0 Å². The van der Waals surface area contributed by atoms with Gasteiger partial charge in [0, 0.05) is 5.92 Å². The maximum atomic E-state index is 11.1. The summed E-state index contributed by atoms with van der Waals surface area (Å²) in [6, 6.07) is 0. The lowest BCUT2D eigenvalue weighted by atomic mass is 9.84. The summed E-state index contributed by atoms with van der Waals surface area (Å²) in [6.45, 7) is 3.36. The minimum absolute atomic E-state index is 0.0278. The second kappa shape index (κ2) is 2.20. The van der Waals surface area contributed by atoms with Crippen LogP contribution in [-0.4, -0.2) is 16.5 Å². The predicted molar refractivity (Wildman–Crippen MR) is 38.6 cm³/mol. The van der Waals surface area contributed by atoms with Crippen LogP contribution in [0.3, 0.4) is 0 Å². The lowest BCUT2D eigenvalue weighted by Gasteiger charge is -2.25. The van der Waals surface area contributed by atoms with E-state index in [9.17, 15) is 9.90 Å². The van der Waals surface area contributed by atoms with Crippen molar-refractivity contribution in [1.82, 2.24) is 0 Å². The van der Waals surface area contributed by atoms with E-state index in [0.717, 1.165) is 6.42 Å². The molecule has 0 heterocycles. The summed E-state index contributed by atoms with van der Waals surface area (Å²) in [5.41, 5.74) is -1.21. The normalized spacial score (nSPS) is 40.3. The van der Waals surface area contributed by atoms with Crippen LogP contribution in [0.4, 0.5) is 0 Å². The first-order valence-electron chi connectivity index (χ1n) is 3.48. The largest absolute Gasteiger partial charge is 0.378 e. The van der Waals surface area contributed by atoms with Crippen molar-refractivity contribution in [3.8, 4) is 0 Å². The number of ketones is 1. The highest BCUT2D eigenvalue weighted by molar-refractivity contribution is 5.91. The van der Waals surface area contributed by atoms with Gasteiger partial charge in [-0.2, -0.15) is 0 Å². The molecule has 0 saturated carbocycles. The van der Waals surface area contributed by atoms with Crippen LogP contribution in [0, 0.1) is 5.92 Å². The average molecular weight is 140 g/mol. The van der Waals surface area contributed by atoms with Gasteiger partial charge in [-0.3, -0.25) is 4.79 Å². The van der Waals surface area contributed by atoms with Gasteiger partial charge in [-0.1, -0.05) is 13.0 Å². The van der Waals surface area contributed by atoms with Crippen LogP contribution in [0.15, 0.2) is 12.2 Å². The molecule has 0 saturated heterocycles. The zero-order valence-corrected chi connectivity index (χ0v) is 6.29. The summed E-state index contributed by atoms with van der Waals surface area (Å²) >= 11 is 0. The summed E-state index contributed by atoms with van der Waals surface area (Å²) in [7, 11) is 0. The third-order valence-corrected chi connectivity index (χ3v) is 1.88. The Morgan fingerprint density at radius 2 is 2.40 bits per heavy atom. The molecule has 0 bridgehead atoms. The predicted octanol–water partition coefficient (Wildman–Crippen LogP) is 0.903. The molecule has 1 aliphatic rings. The molecule has 1 N–H and O–H groups in total. The van der Waals surface area contributed by atoms with E-state index < -0.39 is 5.60 Å². The monoisotopic (exact) mass is 140 g/mol. The van der Waals surface area contributed by atoms with E-state index in [-0.39, 0.29) is 11.7 Å². The smallest absolute Gasteiger partial charge is 0.171 e. The second-order valence-corrected chi connectivity index (χ2v) is 3.05. The third-order valence-electron chi connectivity index (χ3n) is 1.88. The molecule has 0 aliphatic heterocycles. The van der Waals surface area contributed by atoms with E-state index in [2.05, 4.69) is 0 Å². The molecule has 0 radical (unpaired) electrons. The van der Waals surface area contributed by atoms with Gasteiger partial charge >= 0.3 is 0 Å². The fourth-order valence-electron chi connectivity index (χ4n) is 1.19. The molecule has 0 aromatic rings. The highest BCUT2D eigenvalue weighted by Gasteiger charge is 2.33. The number of hydrogen-bond donors (Lipinski definition) is 1. The van der Waals surface area contributed by atoms with Crippen LogP contribution in [0.25, 0.3) is 0 Å². The highest BCUT2D eigenvalue weighted by atomic mass is 16.3. The first-order chi connectivity index (χ1) is 4.54. The van der Waals surface area contributed by atoms with Crippen molar-refractivity contribution >= 4 is 5.78 Å². The zero-order chi connectivity index (χ0) is 7.78. The van der Waals surface area contributed by atoms with Crippen molar-refractivity contribution in [2.75, 3.05) is 0 Å². The summed E-state index contributed by atoms with van der Waals surface area (Å²) in [5, 5.41) is 9.38. The number of carbonyl (C=O) groups is 1. The molecular formula is C8H12O2. The standard InChI is InChI=1S/C8H12O2/c1-6-4-3-5-8(2,10)7(6)9/h3,5-6,10H,4H2,1-2H3. The second-order valence-electron chi connectivity index (χ2n) is 3.05. The molecule has 2 heteroatoms. The van der Waals surface area contributed by atoms with Crippen molar-refractivity contribution in [2.45, 2.75) is 25.9 Å². The molecule has 0 spiro atoms. The van der Waals surface area contributed by atoms with E-state index in [4.69, 9.17) is 0 Å². The van der Waals surface area contributed by atoms with E-state index in [1.165, 1.54) is 6.92 Å². The molecular weight excluding hydrogens is 128 g/mol. The molecule has 1 aliphatic carbocycles. The van der Waals surface area contributed by atoms with Crippen molar-refractivity contribution in [3.63, 3.8) is 0 Å². The molecule has 0 aromatic carbocycles. The van der Waals surface area contributed by atoms with Gasteiger partial charge in [-0.25, -0.2) is 0 Å². The Balaban J connectivity index is 2.87. The maximum Gasteiger partial charge on any atom is 0.171 e. The quantitative estimate of drug-likeness (QED) is 0.508. The topological polar surface area (TPSA) is 37.3 Å². The minimum atomic E-state index is -1.21. The number of aliphatic hydroxyl groups is 1. The summed E-state index contributed by atoms with van der Waals surface area (Å²) in [4.78, 5) is 11.1. The van der Waals surface area contributed by atoms with Gasteiger partial charge in [0.15, 0.2) is 5.78 Å². The Labute approximate surface area is 60.6 Å². The Bertz CT molecular complexity index is 180. The SMILES string of the molecule is CC1CC=CC(C)(O)C1=O. The Kier molecular flexibility index (Phi) is 1.65. The molecule has 0 amide bonds. The number of rotatable bonds is 0. The van der Waals surface area contributed by atoms with Gasteiger partial charge in [-0.15, -0.1) is 0 Å².